The fourth-order valence-electron chi connectivity index (χ4n) is 1.38. The first kappa shape index (κ1) is 8.02. The number of hydrogen-bond donors (Lipinski definition) is 1. The zero-order chi connectivity index (χ0) is 7.61. The van der Waals surface area contributed by atoms with Crippen molar-refractivity contribution < 1.29 is 9.84 Å². The summed E-state index contributed by atoms with van der Waals surface area (Å²) >= 11 is 0. The third-order valence-electron chi connectivity index (χ3n) is 2.40. The van der Waals surface area contributed by atoms with Crippen molar-refractivity contribution in [1.82, 2.24) is 0 Å². The van der Waals surface area contributed by atoms with Gasteiger partial charge in [-0.15, -0.1) is 0 Å². The van der Waals surface area contributed by atoms with E-state index < -0.39 is 0 Å². The Morgan fingerprint density at radius 2 is 2.00 bits per heavy atom. The molecule has 2 heteroatoms. The van der Waals surface area contributed by atoms with Gasteiger partial charge in [0.2, 0.25) is 0 Å². The van der Waals surface area contributed by atoms with Crippen LogP contribution in [0.3, 0.4) is 0 Å². The number of hydrogen-bond acceptors (Lipinski definition) is 2. The van der Waals surface area contributed by atoms with E-state index in [2.05, 4.69) is 0 Å². The molecule has 1 heterocycles. The molecule has 2 aliphatic rings. The van der Waals surface area contributed by atoms with E-state index >= 15 is 0 Å². The van der Waals surface area contributed by atoms with E-state index in [-0.39, 0.29) is 11.5 Å². The molecule has 1 spiro atoms. The standard InChI is InChI=1S/C6H10O2.C2H6/c7-5-1-2-6(5)3-8-4-6;1-2/h5,7H,1-4H2;1-2H3. The zero-order valence-electron chi connectivity index (χ0n) is 6.76. The van der Waals surface area contributed by atoms with Crippen molar-refractivity contribution >= 4 is 0 Å². The first-order chi connectivity index (χ1) is 4.83. The van der Waals surface area contributed by atoms with Crippen molar-refractivity contribution in [2.24, 2.45) is 5.41 Å². The predicted molar refractivity (Wildman–Crippen MR) is 39.8 cm³/mol. The van der Waals surface area contributed by atoms with Gasteiger partial charge in [0, 0.05) is 5.41 Å². The van der Waals surface area contributed by atoms with Crippen LogP contribution in [0.2, 0.25) is 0 Å². The van der Waals surface area contributed by atoms with Crippen LogP contribution in [0.1, 0.15) is 26.7 Å². The van der Waals surface area contributed by atoms with Gasteiger partial charge >= 0.3 is 0 Å². The maximum Gasteiger partial charge on any atom is 0.0641 e. The molecule has 0 amide bonds. The molecular formula is C8H16O2. The van der Waals surface area contributed by atoms with E-state index in [1.54, 1.807) is 0 Å². The average molecular weight is 144 g/mol. The van der Waals surface area contributed by atoms with E-state index in [0.717, 1.165) is 19.6 Å². The van der Waals surface area contributed by atoms with Gasteiger partial charge in [0.05, 0.1) is 19.3 Å². The van der Waals surface area contributed by atoms with Gasteiger partial charge in [0.1, 0.15) is 0 Å². The molecule has 1 unspecified atom stereocenters. The smallest absolute Gasteiger partial charge is 0.0641 e. The molecule has 1 saturated heterocycles. The molecule has 1 atom stereocenters. The summed E-state index contributed by atoms with van der Waals surface area (Å²) in [4.78, 5) is 0. The molecule has 1 N–H and O–H groups in total. The van der Waals surface area contributed by atoms with Crippen molar-refractivity contribution in [1.29, 1.82) is 0 Å². The maximum atomic E-state index is 9.14. The monoisotopic (exact) mass is 144 g/mol. The van der Waals surface area contributed by atoms with Gasteiger partial charge in [0.15, 0.2) is 0 Å². The Kier molecular flexibility index (Phi) is 2.32. The summed E-state index contributed by atoms with van der Waals surface area (Å²) in [7, 11) is 0. The minimum absolute atomic E-state index is 0.0451. The highest BCUT2D eigenvalue weighted by molar-refractivity contribution is 5.00. The van der Waals surface area contributed by atoms with Gasteiger partial charge < -0.3 is 9.84 Å². The number of rotatable bonds is 0. The molecule has 0 aromatic carbocycles. The Hall–Kier alpha value is -0.0800. The van der Waals surface area contributed by atoms with E-state index in [0.29, 0.717) is 0 Å². The summed E-state index contributed by atoms with van der Waals surface area (Å²) in [6.07, 6.45) is 2.12. The summed E-state index contributed by atoms with van der Waals surface area (Å²) in [5.74, 6) is 0. The lowest BCUT2D eigenvalue weighted by atomic mass is 9.65. The number of aliphatic hydroxyl groups is 1. The molecule has 0 bridgehead atoms. The van der Waals surface area contributed by atoms with Crippen LogP contribution in [0.4, 0.5) is 0 Å². The molecule has 0 radical (unpaired) electrons. The quantitative estimate of drug-likeness (QED) is 0.553. The van der Waals surface area contributed by atoms with Crippen molar-refractivity contribution in [3.63, 3.8) is 0 Å². The Morgan fingerprint density at radius 1 is 1.40 bits per heavy atom. The minimum Gasteiger partial charge on any atom is -0.392 e. The Bertz CT molecular complexity index is 102. The number of aliphatic hydroxyl groups excluding tert-OH is 1. The molecule has 1 aliphatic carbocycles. The summed E-state index contributed by atoms with van der Waals surface area (Å²) in [5, 5.41) is 9.14. The molecule has 60 valence electrons. The summed E-state index contributed by atoms with van der Waals surface area (Å²) < 4.78 is 4.99. The van der Waals surface area contributed by atoms with Gasteiger partial charge in [-0.3, -0.25) is 0 Å². The van der Waals surface area contributed by atoms with E-state index in [1.807, 2.05) is 13.8 Å². The second-order valence-electron chi connectivity index (χ2n) is 2.91. The molecular weight excluding hydrogens is 128 g/mol. The lowest BCUT2D eigenvalue weighted by molar-refractivity contribution is -0.221. The van der Waals surface area contributed by atoms with Crippen LogP contribution in [0.25, 0.3) is 0 Å². The van der Waals surface area contributed by atoms with E-state index in [9.17, 15) is 0 Å². The zero-order valence-corrected chi connectivity index (χ0v) is 6.76. The predicted octanol–water partition coefficient (Wildman–Crippen LogP) is 1.18. The largest absolute Gasteiger partial charge is 0.392 e. The van der Waals surface area contributed by atoms with Gasteiger partial charge in [-0.25, -0.2) is 0 Å². The highest BCUT2D eigenvalue weighted by Gasteiger charge is 2.51. The Labute approximate surface area is 62.2 Å². The first-order valence-electron chi connectivity index (χ1n) is 4.09. The third-order valence-corrected chi connectivity index (χ3v) is 2.40. The maximum absolute atomic E-state index is 9.14. The molecule has 2 rings (SSSR count). The molecule has 10 heavy (non-hydrogen) atoms. The molecule has 0 aromatic heterocycles. The second kappa shape index (κ2) is 2.89. The molecule has 2 nitrogen and oxygen atoms in total. The lowest BCUT2D eigenvalue weighted by Gasteiger charge is -2.52. The molecule has 1 saturated carbocycles. The Morgan fingerprint density at radius 3 is 2.00 bits per heavy atom. The highest BCUT2D eigenvalue weighted by atomic mass is 16.5. The van der Waals surface area contributed by atoms with Gasteiger partial charge in [-0.2, -0.15) is 0 Å². The SMILES string of the molecule is CC.OC1CCC12COC2. The van der Waals surface area contributed by atoms with Crippen LogP contribution in [0, 0.1) is 5.41 Å². The summed E-state index contributed by atoms with van der Waals surface area (Å²) in [5.41, 5.74) is 0.236. The van der Waals surface area contributed by atoms with Crippen LogP contribution >= 0.6 is 0 Å². The summed E-state index contributed by atoms with van der Waals surface area (Å²) in [6, 6.07) is 0. The first-order valence-corrected chi connectivity index (χ1v) is 4.09. The molecule has 2 fully saturated rings. The van der Waals surface area contributed by atoms with Gasteiger partial charge in [0.25, 0.3) is 0 Å². The van der Waals surface area contributed by atoms with Gasteiger partial charge in [-0.05, 0) is 12.8 Å². The average Bonchev–Trinajstić information content (AvgIpc) is 1.86. The van der Waals surface area contributed by atoms with Gasteiger partial charge in [-0.1, -0.05) is 13.8 Å². The molecule has 1 aliphatic heterocycles. The topological polar surface area (TPSA) is 29.5 Å². The lowest BCUT2D eigenvalue weighted by Crippen LogP contribution is -2.58. The van der Waals surface area contributed by atoms with Crippen LogP contribution in [0.5, 0.6) is 0 Å². The van der Waals surface area contributed by atoms with Crippen LogP contribution in [-0.4, -0.2) is 24.4 Å². The van der Waals surface area contributed by atoms with Crippen LogP contribution in [0.15, 0.2) is 0 Å². The van der Waals surface area contributed by atoms with Crippen molar-refractivity contribution in [2.75, 3.05) is 13.2 Å². The van der Waals surface area contributed by atoms with Crippen LogP contribution < -0.4 is 0 Å². The fourth-order valence-corrected chi connectivity index (χ4v) is 1.38. The fraction of sp³-hybridized carbons (Fsp3) is 1.00. The van der Waals surface area contributed by atoms with Crippen LogP contribution in [-0.2, 0) is 4.74 Å². The van der Waals surface area contributed by atoms with E-state index in [4.69, 9.17) is 9.84 Å². The Balaban J connectivity index is 0.000000231. The minimum atomic E-state index is -0.0451. The van der Waals surface area contributed by atoms with Crippen molar-refractivity contribution in [2.45, 2.75) is 32.8 Å². The summed E-state index contributed by atoms with van der Waals surface area (Å²) in [6.45, 7) is 5.60. The second-order valence-corrected chi connectivity index (χ2v) is 2.91. The molecule has 0 aromatic rings. The normalized spacial score (nSPS) is 33.3. The van der Waals surface area contributed by atoms with Crippen molar-refractivity contribution in [3.8, 4) is 0 Å². The third kappa shape index (κ3) is 0.956. The van der Waals surface area contributed by atoms with Crippen molar-refractivity contribution in [3.05, 3.63) is 0 Å². The number of ether oxygens (including phenoxy) is 1. The highest BCUT2D eigenvalue weighted by Crippen LogP contribution is 2.46. The van der Waals surface area contributed by atoms with E-state index in [1.165, 1.54) is 6.42 Å².